The van der Waals surface area contributed by atoms with Crippen LogP contribution in [0.15, 0.2) is 0 Å². The fourth-order valence-corrected chi connectivity index (χ4v) is 3.20. The summed E-state index contributed by atoms with van der Waals surface area (Å²) in [6, 6.07) is -1.03. The molecule has 2 atom stereocenters. The molecule has 2 aliphatic rings. The Morgan fingerprint density at radius 1 is 1.15 bits per heavy atom. The van der Waals surface area contributed by atoms with E-state index in [4.69, 9.17) is 4.74 Å². The van der Waals surface area contributed by atoms with E-state index in [0.717, 1.165) is 25.7 Å². The Morgan fingerprint density at radius 2 is 1.80 bits per heavy atom. The zero-order valence-electron chi connectivity index (χ0n) is 12.1. The number of carbonyl (C=O) groups is 3. The Kier molecular flexibility index (Phi) is 4.62. The van der Waals surface area contributed by atoms with Crippen molar-refractivity contribution in [1.29, 1.82) is 0 Å². The van der Waals surface area contributed by atoms with E-state index in [0.29, 0.717) is 13.0 Å². The maximum atomic E-state index is 12.2. The van der Waals surface area contributed by atoms with Gasteiger partial charge < -0.3 is 15.0 Å². The number of amides is 2. The molecule has 6 nitrogen and oxygen atoms in total. The normalized spacial score (nSPS) is 26.6. The maximum absolute atomic E-state index is 12.2. The molecule has 0 aromatic carbocycles. The first-order valence-electron chi connectivity index (χ1n) is 7.20. The minimum Gasteiger partial charge on any atom is -0.467 e. The highest BCUT2D eigenvalue weighted by Crippen LogP contribution is 2.26. The van der Waals surface area contributed by atoms with E-state index in [1.807, 2.05) is 0 Å². The molecule has 1 heterocycles. The predicted octanol–water partition coefficient (Wildman–Crippen LogP) is 0.455. The molecule has 0 radical (unpaired) electrons. The van der Waals surface area contributed by atoms with Crippen LogP contribution in [-0.4, -0.2) is 48.4 Å². The van der Waals surface area contributed by atoms with Gasteiger partial charge in [0.05, 0.1) is 13.2 Å². The molecule has 0 bridgehead atoms. The molecular weight excluding hydrogens is 260 g/mol. The van der Waals surface area contributed by atoms with Gasteiger partial charge in [-0.05, 0) is 19.3 Å². The number of ether oxygens (including phenoxy) is 1. The number of hydrogen-bond donors (Lipinski definition) is 1. The van der Waals surface area contributed by atoms with Crippen molar-refractivity contribution in [3.8, 4) is 0 Å². The van der Waals surface area contributed by atoms with Crippen LogP contribution in [0.4, 0.5) is 0 Å². The number of nitrogens with zero attached hydrogens (tertiary/aromatic N) is 1. The number of likely N-dealkylation sites (tertiary alicyclic amines) is 1. The topological polar surface area (TPSA) is 75.7 Å². The van der Waals surface area contributed by atoms with Gasteiger partial charge >= 0.3 is 5.97 Å². The lowest BCUT2D eigenvalue weighted by atomic mass is 10.0. The standard InChI is InChI=1S/C14H22N2O4/c1-9(17)16-8-7-11(12(16)14(19)20-2)15-13(18)10-5-3-4-6-10/h10-12H,3-8H2,1-2H3,(H,15,18)/t11-,12-/m0/s1. The molecule has 0 unspecified atom stereocenters. The second-order valence-electron chi connectivity index (χ2n) is 5.57. The zero-order valence-corrected chi connectivity index (χ0v) is 12.1. The van der Waals surface area contributed by atoms with Gasteiger partial charge in [0.2, 0.25) is 11.8 Å². The van der Waals surface area contributed by atoms with Crippen LogP contribution in [0, 0.1) is 5.92 Å². The number of hydrogen-bond acceptors (Lipinski definition) is 4. The molecule has 0 spiro atoms. The van der Waals surface area contributed by atoms with Crippen molar-refractivity contribution in [2.75, 3.05) is 13.7 Å². The molecule has 1 saturated carbocycles. The Morgan fingerprint density at radius 3 is 2.35 bits per heavy atom. The quantitative estimate of drug-likeness (QED) is 0.763. The summed E-state index contributed by atoms with van der Waals surface area (Å²) in [4.78, 5) is 37.1. The number of carbonyl (C=O) groups excluding carboxylic acids is 3. The second-order valence-corrected chi connectivity index (χ2v) is 5.57. The van der Waals surface area contributed by atoms with Crippen LogP contribution in [0.3, 0.4) is 0 Å². The maximum Gasteiger partial charge on any atom is 0.330 e. The summed E-state index contributed by atoms with van der Waals surface area (Å²) in [6.45, 7) is 1.90. The van der Waals surface area contributed by atoms with E-state index in [2.05, 4.69) is 5.32 Å². The fourth-order valence-electron chi connectivity index (χ4n) is 3.20. The van der Waals surface area contributed by atoms with E-state index in [9.17, 15) is 14.4 Å². The van der Waals surface area contributed by atoms with Crippen molar-refractivity contribution in [1.82, 2.24) is 10.2 Å². The van der Waals surface area contributed by atoms with Gasteiger partial charge in [-0.1, -0.05) is 12.8 Å². The van der Waals surface area contributed by atoms with Crippen LogP contribution in [0.25, 0.3) is 0 Å². The number of methoxy groups -OCH3 is 1. The smallest absolute Gasteiger partial charge is 0.330 e. The Labute approximate surface area is 118 Å². The Balaban J connectivity index is 2.03. The van der Waals surface area contributed by atoms with Crippen LogP contribution in [0.1, 0.15) is 39.0 Å². The van der Waals surface area contributed by atoms with Gasteiger partial charge in [-0.15, -0.1) is 0 Å². The van der Waals surface area contributed by atoms with Crippen molar-refractivity contribution in [3.63, 3.8) is 0 Å². The molecule has 2 fully saturated rings. The average Bonchev–Trinajstić information content (AvgIpc) is 3.06. The molecule has 6 heteroatoms. The van der Waals surface area contributed by atoms with Crippen molar-refractivity contribution in [2.45, 2.75) is 51.1 Å². The summed E-state index contributed by atoms with van der Waals surface area (Å²) in [5, 5.41) is 2.94. The largest absolute Gasteiger partial charge is 0.467 e. The summed E-state index contributed by atoms with van der Waals surface area (Å²) in [6.07, 6.45) is 4.60. The lowest BCUT2D eigenvalue weighted by Crippen LogP contribution is -2.51. The first kappa shape index (κ1) is 14.8. The van der Waals surface area contributed by atoms with Gasteiger partial charge in [-0.25, -0.2) is 4.79 Å². The molecule has 20 heavy (non-hydrogen) atoms. The molecule has 1 saturated heterocycles. The molecular formula is C14H22N2O4. The van der Waals surface area contributed by atoms with Gasteiger partial charge in [0.1, 0.15) is 6.04 Å². The SMILES string of the molecule is COC(=O)[C@@H]1[C@@H](NC(=O)C2CCCC2)CCN1C(C)=O. The van der Waals surface area contributed by atoms with Crippen molar-refractivity contribution < 1.29 is 19.1 Å². The summed E-state index contributed by atoms with van der Waals surface area (Å²) < 4.78 is 4.77. The van der Waals surface area contributed by atoms with Crippen molar-refractivity contribution >= 4 is 17.8 Å². The highest BCUT2D eigenvalue weighted by Gasteiger charge is 2.42. The summed E-state index contributed by atoms with van der Waals surface area (Å²) in [7, 11) is 1.30. The molecule has 0 aromatic rings. The first-order valence-corrected chi connectivity index (χ1v) is 7.20. The van der Waals surface area contributed by atoms with Crippen LogP contribution >= 0.6 is 0 Å². The molecule has 1 aliphatic heterocycles. The molecule has 1 aliphatic carbocycles. The number of rotatable bonds is 3. The van der Waals surface area contributed by atoms with Gasteiger partial charge in [-0.3, -0.25) is 9.59 Å². The third kappa shape index (κ3) is 2.94. The highest BCUT2D eigenvalue weighted by molar-refractivity contribution is 5.86. The van der Waals surface area contributed by atoms with E-state index in [1.165, 1.54) is 18.9 Å². The van der Waals surface area contributed by atoms with Crippen molar-refractivity contribution in [2.24, 2.45) is 5.92 Å². The minimum atomic E-state index is -0.692. The fraction of sp³-hybridized carbons (Fsp3) is 0.786. The van der Waals surface area contributed by atoms with Crippen LogP contribution < -0.4 is 5.32 Å². The average molecular weight is 282 g/mol. The predicted molar refractivity (Wildman–Crippen MR) is 71.7 cm³/mol. The number of nitrogens with one attached hydrogen (secondary N) is 1. The minimum absolute atomic E-state index is 0.00630. The second kappa shape index (κ2) is 6.24. The van der Waals surface area contributed by atoms with E-state index in [-0.39, 0.29) is 23.8 Å². The summed E-state index contributed by atoms with van der Waals surface area (Å²) in [5.74, 6) is -0.570. The molecule has 2 amide bonds. The molecule has 2 rings (SSSR count). The lowest BCUT2D eigenvalue weighted by Gasteiger charge is -2.26. The van der Waals surface area contributed by atoms with Crippen LogP contribution in [0.5, 0.6) is 0 Å². The summed E-state index contributed by atoms with van der Waals surface area (Å²) >= 11 is 0. The monoisotopic (exact) mass is 282 g/mol. The Bertz CT molecular complexity index is 404. The lowest BCUT2D eigenvalue weighted by molar-refractivity contribution is -0.151. The first-order chi connectivity index (χ1) is 9.54. The van der Waals surface area contributed by atoms with Gasteiger partial charge in [-0.2, -0.15) is 0 Å². The van der Waals surface area contributed by atoms with E-state index >= 15 is 0 Å². The summed E-state index contributed by atoms with van der Waals surface area (Å²) in [5.41, 5.74) is 0. The molecule has 0 aromatic heterocycles. The van der Waals surface area contributed by atoms with Gasteiger partial charge in [0.25, 0.3) is 0 Å². The van der Waals surface area contributed by atoms with Crippen molar-refractivity contribution in [3.05, 3.63) is 0 Å². The van der Waals surface area contributed by atoms with E-state index in [1.54, 1.807) is 0 Å². The third-order valence-corrected chi connectivity index (χ3v) is 4.30. The van der Waals surface area contributed by atoms with E-state index < -0.39 is 12.0 Å². The zero-order chi connectivity index (χ0) is 14.7. The third-order valence-electron chi connectivity index (χ3n) is 4.30. The molecule has 1 N–H and O–H groups in total. The van der Waals surface area contributed by atoms with Gasteiger partial charge in [0.15, 0.2) is 0 Å². The van der Waals surface area contributed by atoms with Crippen LogP contribution in [0.2, 0.25) is 0 Å². The van der Waals surface area contributed by atoms with Gasteiger partial charge in [0, 0.05) is 19.4 Å². The molecule has 112 valence electrons. The number of esters is 1. The Hall–Kier alpha value is -1.59. The highest BCUT2D eigenvalue weighted by atomic mass is 16.5. The van der Waals surface area contributed by atoms with Crippen LogP contribution in [-0.2, 0) is 19.1 Å².